The van der Waals surface area contributed by atoms with E-state index >= 15 is 0 Å². The number of aromatic nitrogens is 1. The number of carbonyl (C=O) groups is 1. The molecule has 0 aliphatic heterocycles. The van der Waals surface area contributed by atoms with E-state index in [0.29, 0.717) is 28.5 Å². The molecule has 0 spiro atoms. The van der Waals surface area contributed by atoms with Crippen molar-refractivity contribution in [3.63, 3.8) is 0 Å². The number of halogens is 1. The number of hydrogen-bond donors (Lipinski definition) is 2. The quantitative estimate of drug-likeness (QED) is 0.473. The van der Waals surface area contributed by atoms with Crippen LogP contribution in [0.15, 0.2) is 45.8 Å². The zero-order valence-electron chi connectivity index (χ0n) is 18.3. The van der Waals surface area contributed by atoms with Crippen LogP contribution >= 0.6 is 11.6 Å². The van der Waals surface area contributed by atoms with Crippen molar-refractivity contribution in [2.45, 2.75) is 18.7 Å². The predicted molar refractivity (Wildman–Crippen MR) is 126 cm³/mol. The number of carbonyl (C=O) groups excluding carboxylic acids is 1. The van der Waals surface area contributed by atoms with Crippen molar-refractivity contribution < 1.29 is 27.2 Å². The van der Waals surface area contributed by atoms with Gasteiger partial charge in [-0.1, -0.05) is 28.9 Å². The average molecular weight is 492 g/mol. The Hall–Kier alpha value is -3.50. The maximum absolute atomic E-state index is 13.1. The van der Waals surface area contributed by atoms with Crippen molar-refractivity contribution in [2.75, 3.05) is 24.3 Å². The standard InChI is InChI=1S/C22H22ClN3O6S/c1-13-22(24-14(2)27)20(32-25-13)9-6-15-5-8-19(31-4)21(11-15)33(28,29)26-16-7-10-18(30-3)17(23)12-16/h5-12,26H,1-4H3,(H,24,27)/b9-6-. The number of hydrogen-bond acceptors (Lipinski definition) is 7. The Bertz CT molecular complexity index is 1320. The summed E-state index contributed by atoms with van der Waals surface area (Å²) in [6.07, 6.45) is 3.22. The molecule has 1 aromatic heterocycles. The van der Waals surface area contributed by atoms with Crippen LogP contribution in [0.4, 0.5) is 11.4 Å². The first-order valence-corrected chi connectivity index (χ1v) is 11.5. The molecule has 0 aliphatic rings. The summed E-state index contributed by atoms with van der Waals surface area (Å²) >= 11 is 6.10. The zero-order valence-corrected chi connectivity index (χ0v) is 19.9. The van der Waals surface area contributed by atoms with Gasteiger partial charge in [-0.25, -0.2) is 8.42 Å². The van der Waals surface area contributed by atoms with Gasteiger partial charge in [-0.2, -0.15) is 0 Å². The van der Waals surface area contributed by atoms with E-state index in [1.54, 1.807) is 31.2 Å². The highest BCUT2D eigenvalue weighted by atomic mass is 35.5. The number of anilines is 2. The Kier molecular flexibility index (Phi) is 7.29. The number of sulfonamides is 1. The minimum absolute atomic E-state index is 0.0741. The summed E-state index contributed by atoms with van der Waals surface area (Å²) < 4.78 is 44.2. The molecule has 3 aromatic rings. The fraction of sp³-hybridized carbons (Fsp3) is 0.182. The number of methoxy groups -OCH3 is 2. The first-order chi connectivity index (χ1) is 15.6. The molecule has 3 rings (SSSR count). The number of benzene rings is 2. The van der Waals surface area contributed by atoms with Gasteiger partial charge >= 0.3 is 0 Å². The van der Waals surface area contributed by atoms with Crippen LogP contribution in [0.25, 0.3) is 12.2 Å². The smallest absolute Gasteiger partial charge is 0.265 e. The van der Waals surface area contributed by atoms with E-state index in [1.165, 1.54) is 45.4 Å². The topological polar surface area (TPSA) is 120 Å². The molecular formula is C22H22ClN3O6S. The van der Waals surface area contributed by atoms with Gasteiger partial charge in [0.25, 0.3) is 10.0 Å². The van der Waals surface area contributed by atoms with E-state index in [0.717, 1.165) is 0 Å². The number of aryl methyl sites for hydroxylation is 1. The lowest BCUT2D eigenvalue weighted by atomic mass is 10.2. The molecule has 0 fully saturated rings. The van der Waals surface area contributed by atoms with Crippen LogP contribution in [-0.4, -0.2) is 33.7 Å². The molecule has 2 N–H and O–H groups in total. The molecule has 2 aromatic carbocycles. The first kappa shape index (κ1) is 24.1. The van der Waals surface area contributed by atoms with E-state index in [1.807, 2.05) is 0 Å². The van der Waals surface area contributed by atoms with E-state index in [2.05, 4.69) is 15.2 Å². The fourth-order valence-corrected chi connectivity index (χ4v) is 4.46. The number of ether oxygens (including phenoxy) is 2. The largest absolute Gasteiger partial charge is 0.495 e. The minimum Gasteiger partial charge on any atom is -0.495 e. The van der Waals surface area contributed by atoms with Gasteiger partial charge in [-0.3, -0.25) is 9.52 Å². The van der Waals surface area contributed by atoms with Crippen LogP contribution in [0.2, 0.25) is 5.02 Å². The summed E-state index contributed by atoms with van der Waals surface area (Å²) in [6.45, 7) is 3.07. The fourth-order valence-electron chi connectivity index (χ4n) is 2.95. The SMILES string of the molecule is COc1ccc(NS(=O)(=O)c2cc(/C=C\c3onc(C)c3NC(C)=O)ccc2OC)cc1Cl. The number of nitrogens with zero attached hydrogens (tertiary/aromatic N) is 1. The molecule has 0 saturated heterocycles. The van der Waals surface area contributed by atoms with Crippen molar-refractivity contribution in [3.8, 4) is 11.5 Å². The van der Waals surface area contributed by atoms with Gasteiger partial charge in [0.05, 0.1) is 24.9 Å². The van der Waals surface area contributed by atoms with Crippen molar-refractivity contribution in [2.24, 2.45) is 0 Å². The first-order valence-electron chi connectivity index (χ1n) is 9.61. The van der Waals surface area contributed by atoms with Crippen LogP contribution in [-0.2, 0) is 14.8 Å². The lowest BCUT2D eigenvalue weighted by Gasteiger charge is -2.13. The monoisotopic (exact) mass is 491 g/mol. The molecule has 0 radical (unpaired) electrons. The number of rotatable bonds is 8. The third-order valence-electron chi connectivity index (χ3n) is 4.50. The van der Waals surface area contributed by atoms with Crippen molar-refractivity contribution >= 4 is 51.1 Å². The van der Waals surface area contributed by atoms with Gasteiger partial charge in [-0.15, -0.1) is 0 Å². The molecule has 0 atom stereocenters. The normalized spacial score (nSPS) is 11.4. The molecular weight excluding hydrogens is 470 g/mol. The Morgan fingerprint density at radius 2 is 1.79 bits per heavy atom. The van der Waals surface area contributed by atoms with Crippen molar-refractivity contribution in [1.82, 2.24) is 5.16 Å². The molecule has 0 aliphatic carbocycles. The van der Waals surface area contributed by atoms with Gasteiger partial charge in [-0.05, 0) is 48.9 Å². The summed E-state index contributed by atoms with van der Waals surface area (Å²) in [5.41, 5.74) is 1.77. The summed E-state index contributed by atoms with van der Waals surface area (Å²) in [4.78, 5) is 11.3. The van der Waals surface area contributed by atoms with Crippen LogP contribution < -0.4 is 19.5 Å². The van der Waals surface area contributed by atoms with Crippen LogP contribution in [0.1, 0.15) is 23.9 Å². The van der Waals surface area contributed by atoms with E-state index in [-0.39, 0.29) is 27.3 Å². The number of nitrogens with one attached hydrogen (secondary N) is 2. The van der Waals surface area contributed by atoms with E-state index < -0.39 is 10.0 Å². The van der Waals surface area contributed by atoms with Crippen molar-refractivity contribution in [3.05, 3.63) is 58.4 Å². The van der Waals surface area contributed by atoms with Gasteiger partial charge in [0.15, 0.2) is 5.76 Å². The lowest BCUT2D eigenvalue weighted by Crippen LogP contribution is -2.14. The molecule has 0 saturated carbocycles. The Morgan fingerprint density at radius 3 is 2.42 bits per heavy atom. The highest BCUT2D eigenvalue weighted by Gasteiger charge is 2.21. The summed E-state index contributed by atoms with van der Waals surface area (Å²) in [6, 6.07) is 9.21. The molecule has 174 valence electrons. The second kappa shape index (κ2) is 9.97. The highest BCUT2D eigenvalue weighted by molar-refractivity contribution is 7.92. The number of amides is 1. The Morgan fingerprint density at radius 1 is 1.09 bits per heavy atom. The second-order valence-corrected chi connectivity index (χ2v) is 8.94. The summed E-state index contributed by atoms with van der Waals surface area (Å²) in [5.74, 6) is 0.645. The molecule has 33 heavy (non-hydrogen) atoms. The average Bonchev–Trinajstić information content (AvgIpc) is 3.10. The van der Waals surface area contributed by atoms with Gasteiger partial charge in [0, 0.05) is 6.92 Å². The summed E-state index contributed by atoms with van der Waals surface area (Å²) in [7, 11) is -1.17. The van der Waals surface area contributed by atoms with Gasteiger partial charge < -0.3 is 19.3 Å². The van der Waals surface area contributed by atoms with Gasteiger partial charge in [0.1, 0.15) is 27.8 Å². The second-order valence-electron chi connectivity index (χ2n) is 6.89. The molecule has 1 amide bonds. The van der Waals surface area contributed by atoms with Crippen LogP contribution in [0.5, 0.6) is 11.5 Å². The zero-order chi connectivity index (χ0) is 24.2. The van der Waals surface area contributed by atoms with Crippen molar-refractivity contribution in [1.29, 1.82) is 0 Å². The van der Waals surface area contributed by atoms with Crippen LogP contribution in [0, 0.1) is 6.92 Å². The van der Waals surface area contributed by atoms with E-state index in [9.17, 15) is 13.2 Å². The minimum atomic E-state index is -4.02. The van der Waals surface area contributed by atoms with Gasteiger partial charge in [0.2, 0.25) is 5.91 Å². The third-order valence-corrected chi connectivity index (χ3v) is 6.20. The maximum atomic E-state index is 13.1. The highest BCUT2D eigenvalue weighted by Crippen LogP contribution is 2.31. The lowest BCUT2D eigenvalue weighted by molar-refractivity contribution is -0.114. The Labute approximate surface area is 196 Å². The van der Waals surface area contributed by atoms with Crippen LogP contribution in [0.3, 0.4) is 0 Å². The molecule has 1 heterocycles. The van der Waals surface area contributed by atoms with E-state index in [4.69, 9.17) is 25.6 Å². The summed E-state index contributed by atoms with van der Waals surface area (Å²) in [5, 5.41) is 6.77. The molecule has 0 unspecified atom stereocenters. The Balaban J connectivity index is 1.93. The molecule has 0 bridgehead atoms. The maximum Gasteiger partial charge on any atom is 0.265 e. The predicted octanol–water partition coefficient (Wildman–Crippen LogP) is 4.58. The molecule has 9 nitrogen and oxygen atoms in total. The third kappa shape index (κ3) is 5.65. The molecule has 11 heteroatoms.